The molecule has 0 spiro atoms. The van der Waals surface area contributed by atoms with Gasteiger partial charge in [0.25, 0.3) is 0 Å². The Kier molecular flexibility index (Phi) is 3.58. The van der Waals surface area contributed by atoms with Crippen LogP contribution in [-0.2, 0) is 9.59 Å². The first kappa shape index (κ1) is 14.5. The highest BCUT2D eigenvalue weighted by molar-refractivity contribution is 6.31. The Morgan fingerprint density at radius 1 is 1.45 bits per heavy atom. The molecular weight excluding hydrogens is 306 g/mol. The van der Waals surface area contributed by atoms with Gasteiger partial charge in [-0.25, -0.2) is 4.68 Å². The molecule has 114 valence electrons. The lowest BCUT2D eigenvalue weighted by Crippen LogP contribution is -2.36. The van der Waals surface area contributed by atoms with Gasteiger partial charge in [0.2, 0.25) is 17.8 Å². The van der Waals surface area contributed by atoms with Crippen LogP contribution < -0.4 is 10.6 Å². The largest absolute Gasteiger partial charge is 0.324 e. The predicted octanol–water partition coefficient (Wildman–Crippen LogP) is 2.07. The summed E-state index contributed by atoms with van der Waals surface area (Å²) < 4.78 is 1.44. The number of halogens is 1. The van der Waals surface area contributed by atoms with Crippen LogP contribution in [0.3, 0.4) is 0 Å². The molecule has 1 aromatic carbocycles. The van der Waals surface area contributed by atoms with E-state index in [-0.39, 0.29) is 24.2 Å². The molecule has 0 aliphatic carbocycles. The molecule has 2 aromatic rings. The molecule has 0 radical (unpaired) electrons. The number of carbonyl (C=O) groups excluding carboxylic acids is 2. The Morgan fingerprint density at radius 3 is 3.00 bits per heavy atom. The monoisotopic (exact) mass is 319 g/mol. The maximum Gasteiger partial charge on any atom is 0.249 e. The van der Waals surface area contributed by atoms with Gasteiger partial charge in [-0.15, -0.1) is 0 Å². The molecule has 1 aliphatic rings. The zero-order valence-electron chi connectivity index (χ0n) is 12.1. The molecule has 22 heavy (non-hydrogen) atoms. The van der Waals surface area contributed by atoms with E-state index in [1.807, 2.05) is 13.0 Å². The Labute approximate surface area is 131 Å². The van der Waals surface area contributed by atoms with Gasteiger partial charge in [0.15, 0.2) is 0 Å². The Balaban J connectivity index is 1.89. The number of amides is 2. The normalized spacial score (nSPS) is 16.9. The number of carbonyl (C=O) groups is 2. The van der Waals surface area contributed by atoms with Gasteiger partial charge in [0, 0.05) is 10.7 Å². The van der Waals surface area contributed by atoms with Gasteiger partial charge >= 0.3 is 0 Å². The third-order valence-corrected chi connectivity index (χ3v) is 3.66. The minimum absolute atomic E-state index is 0.0151. The van der Waals surface area contributed by atoms with Gasteiger partial charge in [0.05, 0.1) is 6.42 Å². The van der Waals surface area contributed by atoms with Crippen molar-refractivity contribution in [3.63, 3.8) is 0 Å². The van der Waals surface area contributed by atoms with Crippen LogP contribution in [0, 0.1) is 13.8 Å². The highest BCUT2D eigenvalue weighted by Crippen LogP contribution is 2.26. The number of aromatic nitrogens is 3. The summed E-state index contributed by atoms with van der Waals surface area (Å²) in [5, 5.41) is 10.1. The lowest BCUT2D eigenvalue weighted by molar-refractivity contribution is -0.125. The average molecular weight is 320 g/mol. The number of fused-ring (bicyclic) bond motifs is 1. The second-order valence-corrected chi connectivity index (χ2v) is 5.58. The van der Waals surface area contributed by atoms with Crippen LogP contribution in [0.4, 0.5) is 11.6 Å². The van der Waals surface area contributed by atoms with Gasteiger partial charge in [-0.05, 0) is 31.5 Å². The smallest absolute Gasteiger partial charge is 0.249 e. The molecule has 2 amide bonds. The minimum Gasteiger partial charge on any atom is -0.324 e. The quantitative estimate of drug-likeness (QED) is 0.886. The van der Waals surface area contributed by atoms with Crippen LogP contribution in [0.1, 0.15) is 23.9 Å². The van der Waals surface area contributed by atoms with Crippen LogP contribution in [0.2, 0.25) is 5.02 Å². The summed E-state index contributed by atoms with van der Waals surface area (Å²) >= 11 is 5.95. The number of hydrogen-bond acceptors (Lipinski definition) is 4. The van der Waals surface area contributed by atoms with E-state index in [0.717, 1.165) is 5.56 Å². The molecule has 0 bridgehead atoms. The Morgan fingerprint density at radius 2 is 2.23 bits per heavy atom. The van der Waals surface area contributed by atoms with Gasteiger partial charge in [-0.1, -0.05) is 17.7 Å². The molecule has 2 heterocycles. The van der Waals surface area contributed by atoms with Crippen molar-refractivity contribution in [1.82, 2.24) is 14.8 Å². The third kappa shape index (κ3) is 2.67. The number of nitrogens with one attached hydrogen (secondary N) is 2. The maximum absolute atomic E-state index is 12.5. The van der Waals surface area contributed by atoms with Crippen molar-refractivity contribution in [2.45, 2.75) is 26.3 Å². The van der Waals surface area contributed by atoms with Gasteiger partial charge in [0.1, 0.15) is 11.9 Å². The lowest BCUT2D eigenvalue weighted by Gasteiger charge is -2.22. The van der Waals surface area contributed by atoms with Crippen molar-refractivity contribution in [2.24, 2.45) is 0 Å². The van der Waals surface area contributed by atoms with Crippen molar-refractivity contribution in [1.29, 1.82) is 0 Å². The van der Waals surface area contributed by atoms with Crippen molar-refractivity contribution >= 4 is 35.1 Å². The Hall–Kier alpha value is -2.41. The SMILES string of the molecule is Cc1nc2n(n1)[C@H](C(=O)Nc1cc(Cl)ccc1C)CC(=O)N2. The second-order valence-electron chi connectivity index (χ2n) is 5.14. The topological polar surface area (TPSA) is 88.9 Å². The summed E-state index contributed by atoms with van der Waals surface area (Å²) in [4.78, 5) is 28.3. The first-order valence-electron chi connectivity index (χ1n) is 6.74. The van der Waals surface area contributed by atoms with E-state index in [9.17, 15) is 9.59 Å². The minimum atomic E-state index is -0.733. The molecule has 1 aliphatic heterocycles. The van der Waals surface area contributed by atoms with E-state index < -0.39 is 6.04 Å². The summed E-state index contributed by atoms with van der Waals surface area (Å²) in [6, 6.07) is 4.50. The molecule has 1 aromatic heterocycles. The fourth-order valence-electron chi connectivity index (χ4n) is 2.32. The van der Waals surface area contributed by atoms with Crippen LogP contribution >= 0.6 is 11.6 Å². The zero-order valence-corrected chi connectivity index (χ0v) is 12.8. The van der Waals surface area contributed by atoms with Crippen molar-refractivity contribution in [2.75, 3.05) is 10.6 Å². The second kappa shape index (κ2) is 5.42. The fraction of sp³-hybridized carbons (Fsp3) is 0.286. The molecule has 7 nitrogen and oxygen atoms in total. The van der Waals surface area contributed by atoms with Crippen LogP contribution in [0.15, 0.2) is 18.2 Å². The third-order valence-electron chi connectivity index (χ3n) is 3.42. The number of rotatable bonds is 2. The standard InChI is InChI=1S/C14H14ClN5O2/c1-7-3-4-9(15)5-10(7)17-13(22)11-6-12(21)18-14-16-8(2)19-20(11)14/h3-5,11H,6H2,1-2H3,(H,17,22)(H,16,18,19,21)/t11-/m0/s1. The first-order valence-corrected chi connectivity index (χ1v) is 7.12. The molecule has 0 fully saturated rings. The molecule has 3 rings (SSSR count). The summed E-state index contributed by atoms with van der Waals surface area (Å²) in [5.41, 5.74) is 1.50. The van der Waals surface area contributed by atoms with Gasteiger partial charge < -0.3 is 5.32 Å². The number of hydrogen-bond donors (Lipinski definition) is 2. The predicted molar refractivity (Wildman–Crippen MR) is 81.9 cm³/mol. The molecule has 1 atom stereocenters. The van der Waals surface area contributed by atoms with E-state index >= 15 is 0 Å². The van der Waals surface area contributed by atoms with Crippen LogP contribution in [0.5, 0.6) is 0 Å². The Bertz CT molecular complexity index is 771. The van der Waals surface area contributed by atoms with E-state index in [1.165, 1.54) is 4.68 Å². The molecular formula is C14H14ClN5O2. The summed E-state index contributed by atoms with van der Waals surface area (Å²) in [6.45, 7) is 3.57. The molecule has 0 unspecified atom stereocenters. The van der Waals surface area contributed by atoms with Crippen molar-refractivity contribution in [3.05, 3.63) is 34.6 Å². The summed E-state index contributed by atoms with van der Waals surface area (Å²) in [5.74, 6) is 0.194. The molecule has 2 N–H and O–H groups in total. The molecule has 8 heteroatoms. The number of nitrogens with zero attached hydrogens (tertiary/aromatic N) is 3. The van der Waals surface area contributed by atoms with Gasteiger partial charge in [-0.3, -0.25) is 14.9 Å². The number of anilines is 2. The summed E-state index contributed by atoms with van der Waals surface area (Å²) in [7, 11) is 0. The lowest BCUT2D eigenvalue weighted by atomic mass is 10.1. The van der Waals surface area contributed by atoms with Gasteiger partial charge in [-0.2, -0.15) is 10.1 Å². The van der Waals surface area contributed by atoms with Crippen molar-refractivity contribution in [3.8, 4) is 0 Å². The highest BCUT2D eigenvalue weighted by Gasteiger charge is 2.32. The number of aryl methyl sites for hydroxylation is 2. The van der Waals surface area contributed by atoms with E-state index in [2.05, 4.69) is 20.7 Å². The highest BCUT2D eigenvalue weighted by atomic mass is 35.5. The summed E-state index contributed by atoms with van der Waals surface area (Å²) in [6.07, 6.45) is 0.0151. The molecule has 0 saturated carbocycles. The van der Waals surface area contributed by atoms with E-state index in [0.29, 0.717) is 16.5 Å². The van der Waals surface area contributed by atoms with Crippen molar-refractivity contribution < 1.29 is 9.59 Å². The van der Waals surface area contributed by atoms with Crippen LogP contribution in [0.25, 0.3) is 0 Å². The molecule has 0 saturated heterocycles. The average Bonchev–Trinajstić information content (AvgIpc) is 2.81. The zero-order chi connectivity index (χ0) is 15.9. The fourth-order valence-corrected chi connectivity index (χ4v) is 2.49. The maximum atomic E-state index is 12.5. The van der Waals surface area contributed by atoms with E-state index in [1.54, 1.807) is 19.1 Å². The van der Waals surface area contributed by atoms with Crippen LogP contribution in [-0.4, -0.2) is 26.6 Å². The first-order chi connectivity index (χ1) is 10.4. The van der Waals surface area contributed by atoms with E-state index in [4.69, 9.17) is 11.6 Å². The number of benzene rings is 1.